The molecule has 0 spiro atoms. The summed E-state index contributed by atoms with van der Waals surface area (Å²) in [5.74, 6) is -8.00. The van der Waals surface area contributed by atoms with E-state index in [1.54, 1.807) is 48.5 Å². The van der Waals surface area contributed by atoms with Gasteiger partial charge in [-0.25, -0.2) is 14.4 Å². The maximum atomic E-state index is 13.7. The second-order valence-electron chi connectivity index (χ2n) is 19.4. The zero-order valence-electron chi connectivity index (χ0n) is 47.0. The molecule has 2 saturated carbocycles. The van der Waals surface area contributed by atoms with Crippen molar-refractivity contribution in [2.45, 2.75) is 99.7 Å². The Labute approximate surface area is 503 Å². The third-order valence-electron chi connectivity index (χ3n) is 13.5. The van der Waals surface area contributed by atoms with Crippen molar-refractivity contribution in [2.24, 2.45) is 23.7 Å². The first-order chi connectivity index (χ1) is 41.5. The van der Waals surface area contributed by atoms with Crippen LogP contribution in [-0.4, -0.2) is 112 Å². The summed E-state index contributed by atoms with van der Waals surface area (Å²) in [5, 5.41) is 9.91. The van der Waals surface area contributed by atoms with E-state index >= 15 is 0 Å². The minimum absolute atomic E-state index is 0.0455. The Morgan fingerprint density at radius 2 is 0.779 bits per heavy atom. The molecule has 0 radical (unpaired) electrons. The van der Waals surface area contributed by atoms with Crippen LogP contribution in [0.1, 0.15) is 88.2 Å². The molecule has 86 heavy (non-hydrogen) atoms. The molecule has 3 aromatic rings. The molecule has 23 nitrogen and oxygen atoms in total. The number of methoxy groups -OCH3 is 1. The number of fused-ring (bicyclic) bond motifs is 1. The summed E-state index contributed by atoms with van der Waals surface area (Å²) in [6.07, 6.45) is 4.54. The van der Waals surface area contributed by atoms with Crippen molar-refractivity contribution >= 4 is 89.2 Å². The molecule has 456 valence electrons. The lowest BCUT2D eigenvalue weighted by Crippen LogP contribution is -2.30. The van der Waals surface area contributed by atoms with Gasteiger partial charge >= 0.3 is 65.7 Å². The smallest absolute Gasteiger partial charge is 0.350 e. The number of carbonyl (C=O) groups excluding carboxylic acids is 11. The van der Waals surface area contributed by atoms with Gasteiger partial charge in [0, 0.05) is 25.0 Å². The van der Waals surface area contributed by atoms with E-state index in [0.29, 0.717) is 85.5 Å². The molecule has 0 bridgehead atoms. The summed E-state index contributed by atoms with van der Waals surface area (Å²) >= 11 is 1.97. The Morgan fingerprint density at radius 3 is 1.09 bits per heavy atom. The van der Waals surface area contributed by atoms with Crippen molar-refractivity contribution in [3.63, 3.8) is 0 Å². The molecule has 0 N–H and O–H groups in total. The highest BCUT2D eigenvalue weighted by Crippen LogP contribution is 2.59. The summed E-state index contributed by atoms with van der Waals surface area (Å²) in [5.41, 5.74) is 1.29. The normalized spacial score (nSPS) is 16.6. The first kappa shape index (κ1) is 66.4. The van der Waals surface area contributed by atoms with Gasteiger partial charge in [-0.3, -0.25) is 38.4 Å². The van der Waals surface area contributed by atoms with E-state index in [0.717, 1.165) is 53.9 Å². The predicted octanol–water partition coefficient (Wildman–Crippen LogP) is 7.70. The number of nitriles is 1. The van der Waals surface area contributed by atoms with Crippen LogP contribution < -0.4 is 18.9 Å². The zero-order chi connectivity index (χ0) is 62.0. The Hall–Kier alpha value is -8.76. The van der Waals surface area contributed by atoms with Crippen LogP contribution in [0.3, 0.4) is 0 Å². The molecule has 3 aromatic carbocycles. The lowest BCUT2D eigenvalue weighted by molar-refractivity contribution is -0.152. The van der Waals surface area contributed by atoms with E-state index in [-0.39, 0.29) is 86.6 Å². The number of hydrogen-bond acceptors (Lipinski definition) is 25. The zero-order valence-corrected chi connectivity index (χ0v) is 48.7. The molecular weight excluding hydrogens is 1160 g/mol. The van der Waals surface area contributed by atoms with E-state index in [2.05, 4.69) is 13.2 Å². The van der Waals surface area contributed by atoms with E-state index < -0.39 is 89.3 Å². The molecule has 0 amide bonds. The van der Waals surface area contributed by atoms with Gasteiger partial charge in [0.15, 0.2) is 5.57 Å². The second kappa shape index (κ2) is 34.3. The molecule has 0 unspecified atom stereocenters. The van der Waals surface area contributed by atoms with Crippen LogP contribution in [0.15, 0.2) is 106 Å². The number of thioether (sulfide) groups is 2. The van der Waals surface area contributed by atoms with Crippen LogP contribution in [0.25, 0.3) is 0 Å². The quantitative estimate of drug-likeness (QED) is 0.0160. The summed E-state index contributed by atoms with van der Waals surface area (Å²) in [4.78, 5) is 137. The summed E-state index contributed by atoms with van der Waals surface area (Å²) < 4.78 is 57.9. The summed E-state index contributed by atoms with van der Waals surface area (Å²) in [7, 11) is 1.13. The van der Waals surface area contributed by atoms with Crippen molar-refractivity contribution in [3.8, 4) is 29.1 Å². The van der Waals surface area contributed by atoms with Gasteiger partial charge in [0.1, 0.15) is 55.5 Å². The van der Waals surface area contributed by atoms with Gasteiger partial charge < -0.3 is 52.1 Å². The van der Waals surface area contributed by atoms with Crippen molar-refractivity contribution < 1.29 is 105 Å². The molecule has 0 aromatic heterocycles. The Bertz CT molecular complexity index is 2890. The van der Waals surface area contributed by atoms with E-state index in [1.807, 2.05) is 6.07 Å². The maximum absolute atomic E-state index is 13.7. The minimum atomic E-state index is -0.889. The van der Waals surface area contributed by atoms with Gasteiger partial charge in [0.25, 0.3) is 0 Å². The number of hydrogen-bond donors (Lipinski definition) is 0. The molecule has 6 rings (SSSR count). The third-order valence-corrected chi connectivity index (χ3v) is 16.1. The highest BCUT2D eigenvalue weighted by Gasteiger charge is 2.37. The molecule has 0 atom stereocenters. The van der Waals surface area contributed by atoms with E-state index in [9.17, 15) is 58.0 Å². The molecular formula is C61H63NO22S2. The standard InChI is InChI=1S/C61H63NO22S2/c1-4-48(63)77-32-34-79-52(67)26-24-50(65)75-30-28-37-6-18-43(19-7-37)81-56(69)39-10-14-41(15-11-39)58(71)83-46-22-23-47(55-54(46)85-61(86-55)45(36-62)60(73)74-3)84-59(72)42-16-12-40(13-17-42)57(70)82-44-20-8-38(9-21-44)29-31-76-51(66)25-27-53(68)80-35-33-78-49(64)5-2/h4-9,18-23,39-42H,1-2,10-17,24-35H2,3H3. The first-order valence-electron chi connectivity index (χ1n) is 27.5. The molecule has 25 heteroatoms. The summed E-state index contributed by atoms with van der Waals surface area (Å²) in [6, 6.07) is 18.2. The fourth-order valence-corrected chi connectivity index (χ4v) is 11.4. The minimum Gasteiger partial charge on any atom is -0.465 e. The van der Waals surface area contributed by atoms with Gasteiger partial charge in [-0.05, 0) is 98.9 Å². The fraction of sp³-hybridized carbons (Fsp3) is 0.410. The van der Waals surface area contributed by atoms with Crippen LogP contribution in [0.4, 0.5) is 0 Å². The van der Waals surface area contributed by atoms with Crippen LogP contribution in [0.2, 0.25) is 0 Å². The maximum Gasteiger partial charge on any atom is 0.350 e. The number of ether oxygens (including phenoxy) is 11. The molecule has 3 aliphatic rings. The van der Waals surface area contributed by atoms with Crippen LogP contribution in [0, 0.1) is 35.0 Å². The van der Waals surface area contributed by atoms with Crippen LogP contribution in [-0.2, 0) is 98.7 Å². The van der Waals surface area contributed by atoms with Crippen LogP contribution >= 0.6 is 23.5 Å². The predicted molar refractivity (Wildman–Crippen MR) is 301 cm³/mol. The van der Waals surface area contributed by atoms with Gasteiger partial charge in [-0.2, -0.15) is 5.26 Å². The highest BCUT2D eigenvalue weighted by molar-refractivity contribution is 8.24. The molecule has 0 saturated heterocycles. The number of nitrogens with zero attached hydrogens (tertiary/aromatic N) is 1. The van der Waals surface area contributed by atoms with Crippen LogP contribution in [0.5, 0.6) is 23.0 Å². The fourth-order valence-electron chi connectivity index (χ4n) is 8.80. The van der Waals surface area contributed by atoms with Crippen molar-refractivity contribution in [1.82, 2.24) is 0 Å². The Balaban J connectivity index is 0.923. The average molecular weight is 1230 g/mol. The molecule has 2 aliphatic carbocycles. The number of rotatable bonds is 29. The average Bonchev–Trinajstić information content (AvgIpc) is 2.77. The molecule has 2 fully saturated rings. The monoisotopic (exact) mass is 1230 g/mol. The van der Waals surface area contributed by atoms with Crippen molar-refractivity contribution in [1.29, 1.82) is 5.26 Å². The van der Waals surface area contributed by atoms with Gasteiger partial charge in [-0.1, -0.05) is 60.9 Å². The van der Waals surface area contributed by atoms with E-state index in [4.69, 9.17) is 52.1 Å². The SMILES string of the molecule is C=CC(=O)OCCOC(=O)CCC(=O)OCCc1ccc(OC(=O)C2CCC(C(=O)Oc3ccc(OC(=O)C4CCC(C(=O)Oc5ccc(CCOC(=O)CCC(=O)OCCOC(=O)C=C)cc5)CC4)c4c3SC(=C(C#N)C(=O)OC)S4)CC2)cc1. The Kier molecular flexibility index (Phi) is 26.4. The van der Waals surface area contributed by atoms with Gasteiger partial charge in [-0.15, -0.1) is 0 Å². The largest absolute Gasteiger partial charge is 0.465 e. The lowest BCUT2D eigenvalue weighted by Gasteiger charge is -2.26. The van der Waals surface area contributed by atoms with Gasteiger partial charge in [0.05, 0.1) is 83.7 Å². The third kappa shape index (κ3) is 21.1. The van der Waals surface area contributed by atoms with Gasteiger partial charge in [0.2, 0.25) is 0 Å². The second-order valence-corrected chi connectivity index (χ2v) is 21.7. The molecule has 1 heterocycles. The summed E-state index contributed by atoms with van der Waals surface area (Å²) in [6.45, 7) is 6.03. The lowest BCUT2D eigenvalue weighted by atomic mass is 9.82. The van der Waals surface area contributed by atoms with Crippen molar-refractivity contribution in [2.75, 3.05) is 46.8 Å². The first-order valence-corrected chi connectivity index (χ1v) is 29.1. The van der Waals surface area contributed by atoms with Crippen molar-refractivity contribution in [3.05, 3.63) is 107 Å². The number of carbonyl (C=O) groups is 11. The molecule has 1 aliphatic heterocycles. The number of benzene rings is 3. The van der Waals surface area contributed by atoms with E-state index in [1.165, 1.54) is 12.1 Å². The number of esters is 11. The topological polar surface area (TPSA) is 313 Å². The Morgan fingerprint density at radius 1 is 0.465 bits per heavy atom. The highest BCUT2D eigenvalue weighted by atomic mass is 32.2.